The summed E-state index contributed by atoms with van der Waals surface area (Å²) in [5, 5.41) is 0. The second kappa shape index (κ2) is 4.29. The Balaban J connectivity index is 2.03. The molecule has 2 N–H and O–H groups in total. The van der Waals surface area contributed by atoms with Gasteiger partial charge in [0, 0.05) is 12.2 Å². The second-order valence-electron chi connectivity index (χ2n) is 4.69. The molecule has 0 saturated heterocycles. The zero-order chi connectivity index (χ0) is 12.5. The standard InChI is InChI=1S/C14H16N4/c1-10-4-5-12-11(7-10)3-2-6-18(12)14-9-16-13(15)8-17-14/h4-5,7-9H,2-3,6H2,1H3,(H2,15,16). The van der Waals surface area contributed by atoms with Crippen LogP contribution in [-0.4, -0.2) is 16.5 Å². The lowest BCUT2D eigenvalue weighted by molar-refractivity contribution is 0.757. The average molecular weight is 240 g/mol. The predicted octanol–water partition coefficient (Wildman–Crippen LogP) is 2.45. The summed E-state index contributed by atoms with van der Waals surface area (Å²) in [6.07, 6.45) is 5.63. The number of nitrogens with zero attached hydrogens (tertiary/aromatic N) is 3. The maximum absolute atomic E-state index is 5.58. The number of nitrogen functional groups attached to an aromatic ring is 1. The SMILES string of the molecule is Cc1ccc2c(c1)CCCN2c1cnc(N)cn1. The highest BCUT2D eigenvalue weighted by molar-refractivity contribution is 5.65. The van der Waals surface area contributed by atoms with Gasteiger partial charge in [0.05, 0.1) is 12.4 Å². The minimum atomic E-state index is 0.458. The second-order valence-corrected chi connectivity index (χ2v) is 4.69. The molecule has 0 saturated carbocycles. The van der Waals surface area contributed by atoms with Gasteiger partial charge in [-0.25, -0.2) is 9.97 Å². The first-order chi connectivity index (χ1) is 8.74. The highest BCUT2D eigenvalue weighted by Crippen LogP contribution is 2.32. The topological polar surface area (TPSA) is 55.0 Å². The maximum atomic E-state index is 5.58. The van der Waals surface area contributed by atoms with Crippen molar-refractivity contribution in [1.29, 1.82) is 0 Å². The fourth-order valence-corrected chi connectivity index (χ4v) is 2.43. The molecule has 0 fully saturated rings. The molecule has 0 aliphatic carbocycles. The molecule has 1 aliphatic rings. The zero-order valence-electron chi connectivity index (χ0n) is 10.4. The fourth-order valence-electron chi connectivity index (χ4n) is 2.43. The van der Waals surface area contributed by atoms with Gasteiger partial charge in [0.15, 0.2) is 5.82 Å². The van der Waals surface area contributed by atoms with Crippen LogP contribution in [0.4, 0.5) is 17.3 Å². The Morgan fingerprint density at radius 3 is 2.89 bits per heavy atom. The number of benzene rings is 1. The number of rotatable bonds is 1. The minimum Gasteiger partial charge on any atom is -0.382 e. The molecular weight excluding hydrogens is 224 g/mol. The Hall–Kier alpha value is -2.10. The minimum absolute atomic E-state index is 0.458. The van der Waals surface area contributed by atoms with E-state index in [4.69, 9.17) is 5.73 Å². The van der Waals surface area contributed by atoms with Gasteiger partial charge in [-0.1, -0.05) is 17.7 Å². The van der Waals surface area contributed by atoms with Crippen molar-refractivity contribution in [1.82, 2.24) is 9.97 Å². The van der Waals surface area contributed by atoms with E-state index in [9.17, 15) is 0 Å². The molecule has 0 amide bonds. The number of nitrogens with two attached hydrogens (primary N) is 1. The third kappa shape index (κ3) is 1.90. The molecule has 92 valence electrons. The van der Waals surface area contributed by atoms with E-state index in [1.54, 1.807) is 12.4 Å². The third-order valence-electron chi connectivity index (χ3n) is 3.29. The lowest BCUT2D eigenvalue weighted by atomic mass is 10.00. The van der Waals surface area contributed by atoms with Crippen molar-refractivity contribution < 1.29 is 0 Å². The number of fused-ring (bicyclic) bond motifs is 1. The molecule has 1 aromatic heterocycles. The van der Waals surface area contributed by atoms with Gasteiger partial charge in [0.2, 0.25) is 0 Å². The van der Waals surface area contributed by atoms with Crippen LogP contribution in [0.2, 0.25) is 0 Å². The van der Waals surface area contributed by atoms with E-state index in [2.05, 4.69) is 40.0 Å². The van der Waals surface area contributed by atoms with E-state index in [-0.39, 0.29) is 0 Å². The summed E-state index contributed by atoms with van der Waals surface area (Å²) in [7, 11) is 0. The van der Waals surface area contributed by atoms with Crippen molar-refractivity contribution >= 4 is 17.3 Å². The quantitative estimate of drug-likeness (QED) is 0.832. The fraction of sp³-hybridized carbons (Fsp3) is 0.286. The largest absolute Gasteiger partial charge is 0.382 e. The van der Waals surface area contributed by atoms with Gasteiger partial charge >= 0.3 is 0 Å². The highest BCUT2D eigenvalue weighted by atomic mass is 15.2. The summed E-state index contributed by atoms with van der Waals surface area (Å²) in [6, 6.07) is 6.57. The van der Waals surface area contributed by atoms with Crippen LogP contribution in [0.15, 0.2) is 30.6 Å². The Morgan fingerprint density at radius 1 is 1.22 bits per heavy atom. The van der Waals surface area contributed by atoms with E-state index >= 15 is 0 Å². The summed E-state index contributed by atoms with van der Waals surface area (Å²) in [5.74, 6) is 1.33. The molecule has 0 spiro atoms. The van der Waals surface area contributed by atoms with Gasteiger partial charge in [-0.05, 0) is 31.4 Å². The lowest BCUT2D eigenvalue weighted by Crippen LogP contribution is -2.25. The molecule has 3 rings (SSSR count). The monoisotopic (exact) mass is 240 g/mol. The highest BCUT2D eigenvalue weighted by Gasteiger charge is 2.19. The summed E-state index contributed by atoms with van der Waals surface area (Å²) in [6.45, 7) is 3.11. The molecule has 1 aromatic carbocycles. The van der Waals surface area contributed by atoms with Crippen LogP contribution in [-0.2, 0) is 6.42 Å². The summed E-state index contributed by atoms with van der Waals surface area (Å²) >= 11 is 0. The van der Waals surface area contributed by atoms with Crippen molar-refractivity contribution in [2.75, 3.05) is 17.2 Å². The van der Waals surface area contributed by atoms with Crippen molar-refractivity contribution in [2.45, 2.75) is 19.8 Å². The van der Waals surface area contributed by atoms with Gasteiger partial charge in [0.25, 0.3) is 0 Å². The third-order valence-corrected chi connectivity index (χ3v) is 3.29. The molecule has 0 bridgehead atoms. The molecule has 4 heteroatoms. The molecule has 0 atom stereocenters. The van der Waals surface area contributed by atoms with Gasteiger partial charge in [-0.2, -0.15) is 0 Å². The summed E-state index contributed by atoms with van der Waals surface area (Å²) < 4.78 is 0. The molecule has 1 aliphatic heterocycles. The number of anilines is 3. The van der Waals surface area contributed by atoms with Crippen molar-refractivity contribution in [3.8, 4) is 0 Å². The normalized spacial score (nSPS) is 14.4. The van der Waals surface area contributed by atoms with E-state index in [1.165, 1.54) is 16.8 Å². The Labute approximate surface area is 106 Å². The maximum Gasteiger partial charge on any atom is 0.151 e. The van der Waals surface area contributed by atoms with Gasteiger partial charge < -0.3 is 10.6 Å². The summed E-state index contributed by atoms with van der Waals surface area (Å²) in [4.78, 5) is 10.7. The van der Waals surface area contributed by atoms with Crippen LogP contribution in [0.3, 0.4) is 0 Å². The predicted molar refractivity (Wildman–Crippen MR) is 73.0 cm³/mol. The van der Waals surface area contributed by atoms with Crippen LogP contribution in [0, 0.1) is 6.92 Å². The average Bonchev–Trinajstić information content (AvgIpc) is 2.38. The van der Waals surface area contributed by atoms with Gasteiger partial charge in [-0.3, -0.25) is 0 Å². The van der Waals surface area contributed by atoms with Gasteiger partial charge in [0.1, 0.15) is 5.82 Å². The molecule has 2 heterocycles. The molecule has 4 nitrogen and oxygen atoms in total. The Morgan fingerprint density at radius 2 is 2.11 bits per heavy atom. The van der Waals surface area contributed by atoms with E-state index in [1.807, 2.05) is 0 Å². The van der Waals surface area contributed by atoms with Crippen LogP contribution >= 0.6 is 0 Å². The number of aromatic nitrogens is 2. The zero-order valence-corrected chi connectivity index (χ0v) is 10.4. The van der Waals surface area contributed by atoms with Crippen LogP contribution in [0.5, 0.6) is 0 Å². The van der Waals surface area contributed by atoms with Crippen LogP contribution in [0.25, 0.3) is 0 Å². The molecular formula is C14H16N4. The Kier molecular flexibility index (Phi) is 2.63. The number of hydrogen-bond donors (Lipinski definition) is 1. The first-order valence-electron chi connectivity index (χ1n) is 6.18. The van der Waals surface area contributed by atoms with E-state index < -0.39 is 0 Å². The number of hydrogen-bond acceptors (Lipinski definition) is 4. The molecule has 2 aromatic rings. The molecule has 18 heavy (non-hydrogen) atoms. The molecule has 0 radical (unpaired) electrons. The summed E-state index contributed by atoms with van der Waals surface area (Å²) in [5.41, 5.74) is 9.51. The van der Waals surface area contributed by atoms with Crippen LogP contribution < -0.4 is 10.6 Å². The van der Waals surface area contributed by atoms with E-state index in [0.717, 1.165) is 25.2 Å². The van der Waals surface area contributed by atoms with Gasteiger partial charge in [-0.15, -0.1) is 0 Å². The van der Waals surface area contributed by atoms with Crippen molar-refractivity contribution in [3.63, 3.8) is 0 Å². The van der Waals surface area contributed by atoms with Crippen LogP contribution in [0.1, 0.15) is 17.5 Å². The van der Waals surface area contributed by atoms with Crippen molar-refractivity contribution in [2.24, 2.45) is 0 Å². The molecule has 0 unspecified atom stereocenters. The Bertz CT molecular complexity index is 563. The number of aryl methyl sites for hydroxylation is 2. The first-order valence-corrected chi connectivity index (χ1v) is 6.18. The van der Waals surface area contributed by atoms with Crippen molar-refractivity contribution in [3.05, 3.63) is 41.7 Å². The first kappa shape index (κ1) is 11.0. The lowest BCUT2D eigenvalue weighted by Gasteiger charge is -2.30. The smallest absolute Gasteiger partial charge is 0.151 e. The van der Waals surface area contributed by atoms with E-state index in [0.29, 0.717) is 5.82 Å².